The Morgan fingerprint density at radius 2 is 2.09 bits per heavy atom. The number of hydrogen-bond acceptors (Lipinski definition) is 6. The molecule has 8 heteroatoms. The van der Waals surface area contributed by atoms with Gasteiger partial charge in [0.2, 0.25) is 0 Å². The number of ether oxygens (including phenoxy) is 2. The van der Waals surface area contributed by atoms with Crippen LogP contribution in [0.25, 0.3) is 0 Å². The number of aromatic nitrogens is 2. The van der Waals surface area contributed by atoms with Crippen LogP contribution in [-0.4, -0.2) is 29.2 Å². The van der Waals surface area contributed by atoms with Crippen molar-refractivity contribution >= 4 is 17.7 Å². The average Bonchev–Trinajstić information content (AvgIpc) is 3.44. The van der Waals surface area contributed by atoms with Crippen molar-refractivity contribution in [2.75, 3.05) is 13.7 Å². The molecule has 172 valence electrons. The molecule has 0 bridgehead atoms. The number of carbonyl (C=O) groups excluding carboxylic acids is 1. The highest BCUT2D eigenvalue weighted by Crippen LogP contribution is 2.31. The summed E-state index contributed by atoms with van der Waals surface area (Å²) in [5.41, 5.74) is 0.924. The molecule has 1 atom stereocenters. The first-order chi connectivity index (χ1) is 15.5. The van der Waals surface area contributed by atoms with Gasteiger partial charge in [-0.25, -0.2) is 4.98 Å². The zero-order valence-electron chi connectivity index (χ0n) is 19.1. The van der Waals surface area contributed by atoms with E-state index in [2.05, 4.69) is 17.2 Å². The van der Waals surface area contributed by atoms with Gasteiger partial charge in [-0.05, 0) is 43.2 Å². The van der Waals surface area contributed by atoms with E-state index in [-0.39, 0.29) is 17.7 Å². The molecular formula is C24H31N3O4S. The summed E-state index contributed by atoms with van der Waals surface area (Å²) in [6, 6.07) is 9.04. The number of rotatable bonds is 12. The molecule has 0 aliphatic rings. The number of carbonyl (C=O) groups is 1. The highest BCUT2D eigenvalue weighted by molar-refractivity contribution is 7.98. The second kappa shape index (κ2) is 11.7. The van der Waals surface area contributed by atoms with Crippen LogP contribution < -0.4 is 14.8 Å². The van der Waals surface area contributed by atoms with Crippen molar-refractivity contribution in [2.24, 2.45) is 7.05 Å². The molecule has 0 saturated carbocycles. The van der Waals surface area contributed by atoms with Gasteiger partial charge in [-0.3, -0.25) is 4.79 Å². The zero-order chi connectivity index (χ0) is 22.9. The number of unbranched alkanes of at least 4 members (excludes halogenated alkanes) is 2. The number of hydrogen-bond donors (Lipinski definition) is 1. The Balaban J connectivity index is 1.56. The van der Waals surface area contributed by atoms with Crippen molar-refractivity contribution in [1.82, 2.24) is 14.9 Å². The van der Waals surface area contributed by atoms with Crippen LogP contribution in [-0.2, 0) is 12.8 Å². The van der Waals surface area contributed by atoms with E-state index >= 15 is 0 Å². The molecule has 1 aromatic carbocycles. The lowest BCUT2D eigenvalue weighted by molar-refractivity contribution is 0.0910. The fraction of sp³-hybridized carbons (Fsp3) is 0.417. The third-order valence-corrected chi connectivity index (χ3v) is 6.13. The molecule has 0 aliphatic carbocycles. The van der Waals surface area contributed by atoms with Crippen molar-refractivity contribution in [3.63, 3.8) is 0 Å². The van der Waals surface area contributed by atoms with Crippen LogP contribution in [0.3, 0.4) is 0 Å². The van der Waals surface area contributed by atoms with E-state index in [9.17, 15) is 4.79 Å². The SMILES string of the molecule is CCCCCOc1ccc(C(C)NC(=O)c2ccc(CSc3nccn3C)o2)cc1OC. The number of nitrogens with zero attached hydrogens (tertiary/aromatic N) is 2. The van der Waals surface area contributed by atoms with Gasteiger partial charge in [-0.1, -0.05) is 37.6 Å². The fourth-order valence-corrected chi connectivity index (χ4v) is 3.99. The molecule has 2 heterocycles. The van der Waals surface area contributed by atoms with Gasteiger partial charge < -0.3 is 23.8 Å². The number of thioether (sulfide) groups is 1. The van der Waals surface area contributed by atoms with E-state index in [1.165, 1.54) is 0 Å². The highest BCUT2D eigenvalue weighted by atomic mass is 32.2. The van der Waals surface area contributed by atoms with Gasteiger partial charge in [-0.2, -0.15) is 0 Å². The van der Waals surface area contributed by atoms with Gasteiger partial charge in [0.05, 0.1) is 25.5 Å². The topological polar surface area (TPSA) is 78.5 Å². The lowest BCUT2D eigenvalue weighted by atomic mass is 10.1. The van der Waals surface area contributed by atoms with Crippen LogP contribution in [0.15, 0.2) is 52.3 Å². The van der Waals surface area contributed by atoms with Gasteiger partial charge in [0.25, 0.3) is 5.91 Å². The van der Waals surface area contributed by atoms with Crippen LogP contribution in [0.4, 0.5) is 0 Å². The van der Waals surface area contributed by atoms with Gasteiger partial charge >= 0.3 is 0 Å². The van der Waals surface area contributed by atoms with Crippen LogP contribution in [0, 0.1) is 0 Å². The van der Waals surface area contributed by atoms with Gasteiger partial charge in [0.15, 0.2) is 22.4 Å². The summed E-state index contributed by atoms with van der Waals surface area (Å²) in [4.78, 5) is 16.9. The molecule has 0 aliphatic heterocycles. The number of methoxy groups -OCH3 is 1. The van der Waals surface area contributed by atoms with Crippen LogP contribution in [0.5, 0.6) is 11.5 Å². The summed E-state index contributed by atoms with van der Waals surface area (Å²) >= 11 is 1.56. The summed E-state index contributed by atoms with van der Waals surface area (Å²) in [5, 5.41) is 3.88. The quantitative estimate of drug-likeness (QED) is 0.291. The van der Waals surface area contributed by atoms with Crippen molar-refractivity contribution in [3.8, 4) is 11.5 Å². The van der Waals surface area contributed by atoms with Crippen LogP contribution in [0.1, 0.15) is 61.0 Å². The Hall–Kier alpha value is -2.87. The van der Waals surface area contributed by atoms with Crippen molar-refractivity contribution in [1.29, 1.82) is 0 Å². The Kier molecular flexibility index (Phi) is 8.67. The van der Waals surface area contributed by atoms with E-state index in [0.717, 1.165) is 35.7 Å². The zero-order valence-corrected chi connectivity index (χ0v) is 19.9. The Bertz CT molecular complexity index is 1010. The van der Waals surface area contributed by atoms with Crippen molar-refractivity contribution < 1.29 is 18.7 Å². The van der Waals surface area contributed by atoms with E-state index in [0.29, 0.717) is 23.9 Å². The van der Waals surface area contributed by atoms with Crippen molar-refractivity contribution in [2.45, 2.75) is 50.1 Å². The maximum atomic E-state index is 12.7. The molecule has 2 aromatic heterocycles. The molecular weight excluding hydrogens is 426 g/mol. The molecule has 0 fully saturated rings. The lowest BCUT2D eigenvalue weighted by Gasteiger charge is -2.17. The Labute approximate surface area is 193 Å². The second-order valence-corrected chi connectivity index (χ2v) is 8.48. The predicted molar refractivity (Wildman–Crippen MR) is 125 cm³/mol. The molecule has 0 spiro atoms. The van der Waals surface area contributed by atoms with Gasteiger partial charge in [0, 0.05) is 19.4 Å². The molecule has 1 amide bonds. The molecule has 3 rings (SSSR count). The van der Waals surface area contributed by atoms with E-state index in [1.54, 1.807) is 31.1 Å². The number of nitrogens with one attached hydrogen (secondary N) is 1. The third-order valence-electron chi connectivity index (χ3n) is 5.05. The smallest absolute Gasteiger partial charge is 0.287 e. The molecule has 0 saturated heterocycles. The maximum absolute atomic E-state index is 12.7. The Morgan fingerprint density at radius 1 is 1.25 bits per heavy atom. The third kappa shape index (κ3) is 6.32. The molecule has 3 aromatic rings. The number of imidazole rings is 1. The lowest BCUT2D eigenvalue weighted by Crippen LogP contribution is -2.26. The van der Waals surface area contributed by atoms with Crippen LogP contribution >= 0.6 is 11.8 Å². The monoisotopic (exact) mass is 457 g/mol. The minimum atomic E-state index is -0.260. The minimum absolute atomic E-state index is 0.221. The minimum Gasteiger partial charge on any atom is -0.493 e. The predicted octanol–water partition coefficient (Wildman–Crippen LogP) is 5.37. The van der Waals surface area contributed by atoms with Crippen LogP contribution in [0.2, 0.25) is 0 Å². The molecule has 1 unspecified atom stereocenters. The average molecular weight is 458 g/mol. The highest BCUT2D eigenvalue weighted by Gasteiger charge is 2.17. The van der Waals surface area contributed by atoms with E-state index < -0.39 is 0 Å². The Morgan fingerprint density at radius 3 is 2.81 bits per heavy atom. The standard InChI is InChI=1S/C24H31N3O4S/c1-5-6-7-14-30-20-10-8-18(15-22(20)29-4)17(2)26-23(28)21-11-9-19(31-21)16-32-24-25-12-13-27(24)3/h8-13,15,17H,5-7,14,16H2,1-4H3,(H,26,28). The van der Waals surface area contributed by atoms with Gasteiger partial charge in [0.1, 0.15) is 5.76 Å². The largest absolute Gasteiger partial charge is 0.493 e. The molecule has 0 radical (unpaired) electrons. The first kappa shape index (κ1) is 23.8. The van der Waals surface area contributed by atoms with Crippen molar-refractivity contribution in [3.05, 3.63) is 59.8 Å². The first-order valence-corrected chi connectivity index (χ1v) is 11.8. The van der Waals surface area contributed by atoms with E-state index in [1.807, 2.05) is 49.0 Å². The normalized spacial score (nSPS) is 11.9. The molecule has 32 heavy (non-hydrogen) atoms. The number of benzene rings is 1. The summed E-state index contributed by atoms with van der Waals surface area (Å²) in [6.07, 6.45) is 6.95. The summed E-state index contributed by atoms with van der Waals surface area (Å²) in [6.45, 7) is 4.75. The summed E-state index contributed by atoms with van der Waals surface area (Å²) in [5.74, 6) is 2.73. The summed E-state index contributed by atoms with van der Waals surface area (Å²) < 4.78 is 19.0. The fourth-order valence-electron chi connectivity index (χ4n) is 3.16. The molecule has 7 nitrogen and oxygen atoms in total. The summed E-state index contributed by atoms with van der Waals surface area (Å²) in [7, 11) is 3.56. The van der Waals surface area contributed by atoms with Gasteiger partial charge in [-0.15, -0.1) is 0 Å². The number of aryl methyl sites for hydroxylation is 1. The molecule has 1 N–H and O–H groups in total. The number of amides is 1. The maximum Gasteiger partial charge on any atom is 0.287 e. The first-order valence-electron chi connectivity index (χ1n) is 10.8. The second-order valence-electron chi connectivity index (χ2n) is 7.54. The van der Waals surface area contributed by atoms with E-state index in [4.69, 9.17) is 13.9 Å². The number of furan rings is 1.